The highest BCUT2D eigenvalue weighted by Gasteiger charge is 2.35. The van der Waals surface area contributed by atoms with E-state index in [1.165, 1.54) is 0 Å². The van der Waals surface area contributed by atoms with Crippen molar-refractivity contribution in [2.24, 2.45) is 5.73 Å². The third kappa shape index (κ3) is 3.75. The summed E-state index contributed by atoms with van der Waals surface area (Å²) in [5.41, 5.74) is 7.26. The van der Waals surface area contributed by atoms with Crippen LogP contribution in [0, 0.1) is 0 Å². The van der Waals surface area contributed by atoms with E-state index < -0.39 is 12.2 Å². The number of aliphatic hydroxyl groups excluding tert-OH is 1. The first-order chi connectivity index (χ1) is 11.7. The Labute approximate surface area is 141 Å². The van der Waals surface area contributed by atoms with Crippen molar-refractivity contribution in [2.45, 2.75) is 18.6 Å². The molecule has 1 fully saturated rings. The van der Waals surface area contributed by atoms with E-state index >= 15 is 0 Å². The van der Waals surface area contributed by atoms with Crippen LogP contribution < -0.4 is 10.5 Å². The Morgan fingerprint density at radius 2 is 1.83 bits per heavy atom. The van der Waals surface area contributed by atoms with Crippen LogP contribution in [-0.4, -0.2) is 47.8 Å². The number of hydrogen-bond donors (Lipinski definition) is 2. The minimum atomic E-state index is -0.689. The standard InChI is InChI=1S/C19H22N2O3/c20-11-10-14-6-8-15(9-7-14)19(23)21-12-17(22)18(13-21)24-16-4-2-1-3-5-16/h1-9,17-18,22H,10-13,20H2/t17-,18-/m1/s1. The van der Waals surface area contributed by atoms with Gasteiger partial charge in [-0.25, -0.2) is 0 Å². The molecule has 0 unspecified atom stereocenters. The van der Waals surface area contributed by atoms with Crippen LogP contribution in [0.3, 0.4) is 0 Å². The molecule has 0 bridgehead atoms. The average molecular weight is 326 g/mol. The van der Waals surface area contributed by atoms with E-state index in [0.717, 1.165) is 12.0 Å². The lowest BCUT2D eigenvalue weighted by Gasteiger charge is -2.17. The van der Waals surface area contributed by atoms with Gasteiger partial charge in [0, 0.05) is 5.56 Å². The molecule has 5 nitrogen and oxygen atoms in total. The average Bonchev–Trinajstić information content (AvgIpc) is 2.97. The first-order valence-corrected chi connectivity index (χ1v) is 8.15. The summed E-state index contributed by atoms with van der Waals surface area (Å²) in [5.74, 6) is 0.606. The summed E-state index contributed by atoms with van der Waals surface area (Å²) in [5, 5.41) is 10.2. The third-order valence-electron chi connectivity index (χ3n) is 4.19. The van der Waals surface area contributed by atoms with Crippen LogP contribution in [0.1, 0.15) is 15.9 Å². The maximum absolute atomic E-state index is 12.6. The summed E-state index contributed by atoms with van der Waals surface area (Å²) >= 11 is 0. The van der Waals surface area contributed by atoms with Crippen LogP contribution in [0.15, 0.2) is 54.6 Å². The zero-order chi connectivity index (χ0) is 16.9. The van der Waals surface area contributed by atoms with Crippen molar-refractivity contribution in [1.82, 2.24) is 4.90 Å². The van der Waals surface area contributed by atoms with Gasteiger partial charge in [-0.15, -0.1) is 0 Å². The van der Waals surface area contributed by atoms with E-state index in [-0.39, 0.29) is 12.5 Å². The molecule has 0 radical (unpaired) electrons. The summed E-state index contributed by atoms with van der Waals surface area (Å²) in [4.78, 5) is 14.2. The maximum atomic E-state index is 12.6. The first-order valence-electron chi connectivity index (χ1n) is 8.15. The Hall–Kier alpha value is -2.37. The zero-order valence-electron chi connectivity index (χ0n) is 13.5. The van der Waals surface area contributed by atoms with Crippen LogP contribution in [0.25, 0.3) is 0 Å². The molecule has 126 valence electrons. The fraction of sp³-hybridized carbons (Fsp3) is 0.316. The molecule has 2 aromatic rings. The molecular formula is C19H22N2O3. The topological polar surface area (TPSA) is 75.8 Å². The second kappa shape index (κ2) is 7.47. The van der Waals surface area contributed by atoms with Gasteiger partial charge in [-0.2, -0.15) is 0 Å². The number of aliphatic hydroxyl groups is 1. The largest absolute Gasteiger partial charge is 0.486 e. The fourth-order valence-corrected chi connectivity index (χ4v) is 2.88. The lowest BCUT2D eigenvalue weighted by atomic mass is 10.1. The van der Waals surface area contributed by atoms with Gasteiger partial charge in [0.25, 0.3) is 5.91 Å². The number of ether oxygens (including phenoxy) is 1. The second-order valence-corrected chi connectivity index (χ2v) is 5.98. The minimum absolute atomic E-state index is 0.0903. The highest BCUT2D eigenvalue weighted by molar-refractivity contribution is 5.94. The number of likely N-dealkylation sites (tertiary alicyclic amines) is 1. The van der Waals surface area contributed by atoms with Gasteiger partial charge >= 0.3 is 0 Å². The predicted molar refractivity (Wildman–Crippen MR) is 92.0 cm³/mol. The highest BCUT2D eigenvalue weighted by Crippen LogP contribution is 2.20. The molecule has 5 heteroatoms. The van der Waals surface area contributed by atoms with Crippen molar-refractivity contribution in [3.63, 3.8) is 0 Å². The first kappa shape index (κ1) is 16.5. The molecule has 24 heavy (non-hydrogen) atoms. The van der Waals surface area contributed by atoms with Crippen molar-refractivity contribution in [1.29, 1.82) is 0 Å². The van der Waals surface area contributed by atoms with Gasteiger partial charge in [0.2, 0.25) is 0 Å². The second-order valence-electron chi connectivity index (χ2n) is 5.98. The molecule has 3 rings (SSSR count). The Balaban J connectivity index is 1.64. The Morgan fingerprint density at radius 1 is 1.12 bits per heavy atom. The van der Waals surface area contributed by atoms with Crippen LogP contribution in [-0.2, 0) is 6.42 Å². The molecule has 1 aliphatic heterocycles. The van der Waals surface area contributed by atoms with E-state index in [4.69, 9.17) is 10.5 Å². The van der Waals surface area contributed by atoms with Crippen molar-refractivity contribution < 1.29 is 14.6 Å². The van der Waals surface area contributed by atoms with Gasteiger partial charge in [-0.3, -0.25) is 4.79 Å². The quantitative estimate of drug-likeness (QED) is 0.872. The van der Waals surface area contributed by atoms with Gasteiger partial charge < -0.3 is 20.5 Å². The van der Waals surface area contributed by atoms with Crippen LogP contribution in [0.5, 0.6) is 5.75 Å². The monoisotopic (exact) mass is 326 g/mol. The zero-order valence-corrected chi connectivity index (χ0v) is 13.5. The summed E-state index contributed by atoms with van der Waals surface area (Å²) in [7, 11) is 0. The van der Waals surface area contributed by atoms with Gasteiger partial charge in [0.1, 0.15) is 18.0 Å². The molecule has 1 amide bonds. The van der Waals surface area contributed by atoms with Crippen LogP contribution >= 0.6 is 0 Å². The van der Waals surface area contributed by atoms with E-state index in [9.17, 15) is 9.90 Å². The molecule has 1 aliphatic rings. The summed E-state index contributed by atoms with van der Waals surface area (Å²) in [6.45, 7) is 1.24. The molecule has 3 N–H and O–H groups in total. The van der Waals surface area contributed by atoms with Crippen molar-refractivity contribution in [2.75, 3.05) is 19.6 Å². The summed E-state index contributed by atoms with van der Waals surface area (Å²) < 4.78 is 5.80. The number of benzene rings is 2. The van der Waals surface area contributed by atoms with Gasteiger partial charge in [0.15, 0.2) is 0 Å². The summed E-state index contributed by atoms with van der Waals surface area (Å²) in [6.07, 6.45) is -0.303. The number of β-amino-alcohol motifs (C(OH)–C–C–N with tert-alkyl or cyclic N) is 1. The molecule has 2 atom stereocenters. The predicted octanol–water partition coefficient (Wildman–Crippen LogP) is 1.45. The SMILES string of the molecule is NCCc1ccc(C(=O)N2C[C@@H](O)[C@H](Oc3ccccc3)C2)cc1. The van der Waals surface area contributed by atoms with Gasteiger partial charge in [-0.1, -0.05) is 30.3 Å². The van der Waals surface area contributed by atoms with Gasteiger partial charge in [0.05, 0.1) is 13.1 Å². The van der Waals surface area contributed by atoms with Crippen molar-refractivity contribution >= 4 is 5.91 Å². The van der Waals surface area contributed by atoms with Crippen molar-refractivity contribution in [3.8, 4) is 5.75 Å². The van der Waals surface area contributed by atoms with E-state index in [1.807, 2.05) is 54.6 Å². The number of carbonyl (C=O) groups is 1. The molecule has 2 aromatic carbocycles. The number of rotatable bonds is 5. The van der Waals surface area contributed by atoms with E-state index in [2.05, 4.69) is 0 Å². The normalized spacial score (nSPS) is 20.2. The Bertz CT molecular complexity index is 673. The van der Waals surface area contributed by atoms with Crippen LogP contribution in [0.4, 0.5) is 0 Å². The number of nitrogens with two attached hydrogens (primary N) is 1. The highest BCUT2D eigenvalue weighted by atomic mass is 16.5. The molecule has 1 heterocycles. The molecule has 0 aromatic heterocycles. The molecular weight excluding hydrogens is 304 g/mol. The Morgan fingerprint density at radius 3 is 2.50 bits per heavy atom. The lowest BCUT2D eigenvalue weighted by Crippen LogP contribution is -2.31. The summed E-state index contributed by atoms with van der Waals surface area (Å²) in [6, 6.07) is 16.8. The number of hydrogen-bond acceptors (Lipinski definition) is 4. The number of carbonyl (C=O) groups excluding carboxylic acids is 1. The molecule has 1 saturated heterocycles. The van der Waals surface area contributed by atoms with Gasteiger partial charge in [-0.05, 0) is 42.8 Å². The molecule has 0 saturated carbocycles. The third-order valence-corrected chi connectivity index (χ3v) is 4.19. The Kier molecular flexibility index (Phi) is 5.13. The number of nitrogens with zero attached hydrogens (tertiary/aromatic N) is 1. The fourth-order valence-electron chi connectivity index (χ4n) is 2.88. The minimum Gasteiger partial charge on any atom is -0.486 e. The number of para-hydroxylation sites is 1. The smallest absolute Gasteiger partial charge is 0.254 e. The maximum Gasteiger partial charge on any atom is 0.254 e. The van der Waals surface area contributed by atoms with E-state index in [0.29, 0.717) is 24.4 Å². The lowest BCUT2D eigenvalue weighted by molar-refractivity contribution is 0.0729. The van der Waals surface area contributed by atoms with Crippen LogP contribution in [0.2, 0.25) is 0 Å². The molecule has 0 spiro atoms. The number of amides is 1. The van der Waals surface area contributed by atoms with E-state index in [1.54, 1.807) is 4.90 Å². The molecule has 0 aliphatic carbocycles. The van der Waals surface area contributed by atoms with Crippen molar-refractivity contribution in [3.05, 3.63) is 65.7 Å².